The average molecular weight is 256 g/mol. The van der Waals surface area contributed by atoms with Crippen LogP contribution in [-0.2, 0) is 20.5 Å². The Balaban J connectivity index is 1.91. The van der Waals surface area contributed by atoms with Gasteiger partial charge < -0.3 is 9.67 Å². The summed E-state index contributed by atoms with van der Waals surface area (Å²) in [5.41, 5.74) is 2.85. The topological polar surface area (TPSA) is 55.9 Å². The minimum absolute atomic E-state index is 0.483. The number of nitrogens with zero attached hydrogens (tertiary/aromatic N) is 4. The molecule has 98 valence electrons. The van der Waals surface area contributed by atoms with Gasteiger partial charge in [0.25, 0.3) is 0 Å². The molecular formula is C14H16N4O. The molecule has 0 radical (unpaired) electrons. The predicted molar refractivity (Wildman–Crippen MR) is 72.6 cm³/mol. The van der Waals surface area contributed by atoms with Gasteiger partial charge in [-0.15, -0.1) is 0 Å². The highest BCUT2D eigenvalue weighted by Crippen LogP contribution is 2.20. The van der Waals surface area contributed by atoms with Crippen LogP contribution in [0, 0.1) is 0 Å². The number of aliphatic hydroxyl groups excluding tert-OH is 1. The lowest BCUT2D eigenvalue weighted by molar-refractivity contribution is 0.175. The van der Waals surface area contributed by atoms with E-state index in [4.69, 9.17) is 0 Å². The van der Waals surface area contributed by atoms with Gasteiger partial charge in [0.05, 0.1) is 23.3 Å². The molecule has 1 N–H and O–H groups in total. The third-order valence-corrected chi connectivity index (χ3v) is 3.37. The van der Waals surface area contributed by atoms with Crippen LogP contribution in [0.15, 0.2) is 36.7 Å². The van der Waals surface area contributed by atoms with Crippen molar-refractivity contribution in [1.29, 1.82) is 0 Å². The molecule has 0 spiro atoms. The van der Waals surface area contributed by atoms with Crippen molar-refractivity contribution in [2.75, 3.05) is 0 Å². The molecule has 2 heterocycles. The van der Waals surface area contributed by atoms with Gasteiger partial charge in [0.15, 0.2) is 0 Å². The summed E-state index contributed by atoms with van der Waals surface area (Å²) in [4.78, 5) is 4.56. The van der Waals surface area contributed by atoms with Gasteiger partial charge in [-0.1, -0.05) is 12.1 Å². The highest BCUT2D eigenvalue weighted by Gasteiger charge is 2.15. The highest BCUT2D eigenvalue weighted by atomic mass is 16.3. The number of rotatable bonds is 3. The Morgan fingerprint density at radius 2 is 2.05 bits per heavy atom. The number of hydrogen-bond acceptors (Lipinski definition) is 3. The summed E-state index contributed by atoms with van der Waals surface area (Å²) >= 11 is 0. The maximum Gasteiger partial charge on any atom is 0.112 e. The van der Waals surface area contributed by atoms with E-state index in [1.165, 1.54) is 0 Å². The van der Waals surface area contributed by atoms with Crippen molar-refractivity contribution in [2.24, 2.45) is 14.1 Å². The lowest BCUT2D eigenvalue weighted by Gasteiger charge is -2.08. The van der Waals surface area contributed by atoms with Gasteiger partial charge in [-0.05, 0) is 12.1 Å². The van der Waals surface area contributed by atoms with Crippen molar-refractivity contribution < 1.29 is 5.11 Å². The van der Waals surface area contributed by atoms with Crippen LogP contribution >= 0.6 is 0 Å². The van der Waals surface area contributed by atoms with Crippen LogP contribution in [0.4, 0.5) is 0 Å². The van der Waals surface area contributed by atoms with Crippen LogP contribution < -0.4 is 0 Å². The molecule has 1 unspecified atom stereocenters. The maximum absolute atomic E-state index is 10.2. The maximum atomic E-state index is 10.2. The van der Waals surface area contributed by atoms with Crippen LogP contribution in [0.1, 0.15) is 17.5 Å². The highest BCUT2D eigenvalue weighted by molar-refractivity contribution is 5.75. The summed E-state index contributed by atoms with van der Waals surface area (Å²) < 4.78 is 3.71. The molecule has 3 rings (SSSR count). The average Bonchev–Trinajstić information content (AvgIpc) is 2.96. The normalized spacial score (nSPS) is 13.0. The van der Waals surface area contributed by atoms with Gasteiger partial charge in [0.2, 0.25) is 0 Å². The monoisotopic (exact) mass is 256 g/mol. The lowest BCUT2D eigenvalue weighted by Crippen LogP contribution is -2.06. The molecule has 19 heavy (non-hydrogen) atoms. The van der Waals surface area contributed by atoms with E-state index >= 15 is 0 Å². The molecule has 0 aliphatic carbocycles. The number of fused-ring (bicyclic) bond motifs is 1. The van der Waals surface area contributed by atoms with Gasteiger partial charge in [-0.2, -0.15) is 5.10 Å². The van der Waals surface area contributed by atoms with Crippen LogP contribution in [0.2, 0.25) is 0 Å². The van der Waals surface area contributed by atoms with Crippen molar-refractivity contribution in [3.05, 3.63) is 48.0 Å². The van der Waals surface area contributed by atoms with E-state index in [1.807, 2.05) is 49.1 Å². The molecule has 0 aliphatic rings. The van der Waals surface area contributed by atoms with Crippen molar-refractivity contribution in [1.82, 2.24) is 19.3 Å². The first-order chi connectivity index (χ1) is 9.15. The zero-order valence-corrected chi connectivity index (χ0v) is 11.0. The van der Waals surface area contributed by atoms with E-state index in [1.54, 1.807) is 10.9 Å². The van der Waals surface area contributed by atoms with Crippen LogP contribution in [-0.4, -0.2) is 24.4 Å². The fourth-order valence-electron chi connectivity index (χ4n) is 2.28. The smallest absolute Gasteiger partial charge is 0.112 e. The van der Waals surface area contributed by atoms with Gasteiger partial charge in [0.1, 0.15) is 5.82 Å². The molecule has 0 saturated heterocycles. The van der Waals surface area contributed by atoms with Crippen molar-refractivity contribution in [3.8, 4) is 0 Å². The number of benzene rings is 1. The molecule has 5 nitrogen and oxygen atoms in total. The molecule has 3 aromatic rings. The molecule has 0 saturated carbocycles. The van der Waals surface area contributed by atoms with Gasteiger partial charge in [0, 0.05) is 32.3 Å². The Bertz CT molecular complexity index is 713. The first kappa shape index (κ1) is 11.9. The number of imidazole rings is 1. The quantitative estimate of drug-likeness (QED) is 0.774. The minimum Gasteiger partial charge on any atom is -0.388 e. The Morgan fingerprint density at radius 3 is 2.74 bits per heavy atom. The molecule has 2 aromatic heterocycles. The van der Waals surface area contributed by atoms with E-state index < -0.39 is 6.10 Å². The van der Waals surface area contributed by atoms with E-state index in [0.29, 0.717) is 6.42 Å². The third-order valence-electron chi connectivity index (χ3n) is 3.37. The Hall–Kier alpha value is -2.14. The van der Waals surface area contributed by atoms with Crippen LogP contribution in [0.5, 0.6) is 0 Å². The molecule has 1 atom stereocenters. The number of aryl methyl sites for hydroxylation is 2. The van der Waals surface area contributed by atoms with Crippen LogP contribution in [0.25, 0.3) is 11.0 Å². The first-order valence-corrected chi connectivity index (χ1v) is 6.22. The molecule has 0 amide bonds. The molecule has 5 heteroatoms. The first-order valence-electron chi connectivity index (χ1n) is 6.22. The zero-order valence-electron chi connectivity index (χ0n) is 11.0. The van der Waals surface area contributed by atoms with Crippen molar-refractivity contribution in [3.63, 3.8) is 0 Å². The van der Waals surface area contributed by atoms with E-state index in [0.717, 1.165) is 22.4 Å². The number of hydrogen-bond donors (Lipinski definition) is 1. The lowest BCUT2D eigenvalue weighted by atomic mass is 10.1. The molecule has 1 aromatic carbocycles. The summed E-state index contributed by atoms with van der Waals surface area (Å²) in [6.07, 6.45) is 3.42. The third kappa shape index (κ3) is 2.13. The Kier molecular flexibility index (Phi) is 2.83. The summed E-state index contributed by atoms with van der Waals surface area (Å²) in [7, 11) is 3.81. The van der Waals surface area contributed by atoms with E-state index in [2.05, 4.69) is 10.1 Å². The fraction of sp³-hybridized carbons (Fsp3) is 0.286. The van der Waals surface area contributed by atoms with Gasteiger partial charge in [-0.3, -0.25) is 4.68 Å². The van der Waals surface area contributed by atoms with Gasteiger partial charge >= 0.3 is 0 Å². The molecule has 0 bridgehead atoms. The second-order valence-electron chi connectivity index (χ2n) is 4.74. The molecule has 0 fully saturated rings. The second kappa shape index (κ2) is 4.51. The summed E-state index contributed by atoms with van der Waals surface area (Å²) in [5, 5.41) is 14.3. The molecular weight excluding hydrogens is 240 g/mol. The summed E-state index contributed by atoms with van der Waals surface area (Å²) in [6.45, 7) is 0. The summed E-state index contributed by atoms with van der Waals surface area (Å²) in [5.74, 6) is 0.873. The van der Waals surface area contributed by atoms with Crippen LogP contribution in [0.3, 0.4) is 0 Å². The van der Waals surface area contributed by atoms with E-state index in [-0.39, 0.29) is 0 Å². The second-order valence-corrected chi connectivity index (χ2v) is 4.74. The zero-order chi connectivity index (χ0) is 13.4. The van der Waals surface area contributed by atoms with Crippen molar-refractivity contribution >= 4 is 11.0 Å². The van der Waals surface area contributed by atoms with E-state index in [9.17, 15) is 5.11 Å². The summed E-state index contributed by atoms with van der Waals surface area (Å²) in [6, 6.07) is 7.97. The standard InChI is InChI=1S/C14H16N4O/c1-17-9-10(8-15-17)13(19)7-14-16-11-5-3-4-6-12(11)18(14)2/h3-6,8-9,13,19H,7H2,1-2H3. The molecule has 0 aliphatic heterocycles. The van der Waals surface area contributed by atoms with Gasteiger partial charge in [-0.25, -0.2) is 4.98 Å². The van der Waals surface area contributed by atoms with Crippen molar-refractivity contribution in [2.45, 2.75) is 12.5 Å². The number of para-hydroxylation sites is 2. The predicted octanol–water partition coefficient (Wildman–Crippen LogP) is 1.58. The Morgan fingerprint density at radius 1 is 1.26 bits per heavy atom. The largest absolute Gasteiger partial charge is 0.388 e. The minimum atomic E-state index is -0.579. The number of aliphatic hydroxyl groups is 1. The SMILES string of the molecule is Cn1cc(C(O)Cc2nc3ccccc3n2C)cn1. The Labute approximate surface area is 111 Å². The number of aromatic nitrogens is 4. The fourth-order valence-corrected chi connectivity index (χ4v) is 2.28.